The Morgan fingerprint density at radius 1 is 1.03 bits per heavy atom. The van der Waals surface area contributed by atoms with E-state index < -0.39 is 0 Å². The van der Waals surface area contributed by atoms with Gasteiger partial charge in [-0.3, -0.25) is 14.8 Å². The van der Waals surface area contributed by atoms with Gasteiger partial charge in [-0.1, -0.05) is 24.6 Å². The molecule has 2 aromatic heterocycles. The topological polar surface area (TPSA) is 213 Å². The van der Waals surface area contributed by atoms with Crippen LogP contribution in [0, 0.1) is 0 Å². The van der Waals surface area contributed by atoms with E-state index in [0.29, 0.717) is 18.2 Å². The molecule has 5 rings (SSSR count). The van der Waals surface area contributed by atoms with Crippen LogP contribution in [0.25, 0.3) is 21.8 Å². The average Bonchev–Trinajstić information content (AvgIpc) is 3.35. The molecule has 0 bridgehead atoms. The fraction of sp³-hybridized carbons (Fsp3) is 0.417. The third kappa shape index (κ3) is 7.28. The number of fused-ring (bicyclic) bond motifs is 4. The molecule has 0 saturated carbocycles. The van der Waals surface area contributed by atoms with Crippen LogP contribution in [0.15, 0.2) is 42.7 Å². The Bertz CT molecular complexity index is 1190. The molecule has 0 aliphatic carbocycles. The summed E-state index contributed by atoms with van der Waals surface area (Å²) in [6, 6.07) is 10.5. The Hall–Kier alpha value is -2.54. The van der Waals surface area contributed by atoms with Gasteiger partial charge >= 0.3 is 6.03 Å². The number of nitrogens with zero attached hydrogens (tertiary/aromatic N) is 3. The number of hydrogen-bond donors (Lipinski definition) is 2. The van der Waals surface area contributed by atoms with Crippen LogP contribution < -0.4 is 10.6 Å². The van der Waals surface area contributed by atoms with E-state index in [1.165, 1.54) is 0 Å². The Morgan fingerprint density at radius 2 is 1.78 bits per heavy atom. The first-order valence-electron chi connectivity index (χ1n) is 11.1. The van der Waals surface area contributed by atoms with Crippen LogP contribution in [-0.2, 0) is 27.8 Å². The molecule has 3 aromatic rings. The summed E-state index contributed by atoms with van der Waals surface area (Å²) < 4.78 is 0. The Morgan fingerprint density at radius 3 is 2.57 bits per heavy atom. The largest absolute Gasteiger partial charge is 0.412 e. The monoisotopic (exact) mass is 579 g/mol. The summed E-state index contributed by atoms with van der Waals surface area (Å²) in [5.41, 5.74) is 2.85. The molecule has 11 nitrogen and oxygen atoms in total. The van der Waals surface area contributed by atoms with Gasteiger partial charge in [-0.25, -0.2) is 4.79 Å². The number of carbonyl (C=O) groups excluding carboxylic acids is 2. The third-order valence-corrected chi connectivity index (χ3v) is 7.98. The summed E-state index contributed by atoms with van der Waals surface area (Å²) in [5, 5.41) is 8.55. The van der Waals surface area contributed by atoms with Crippen LogP contribution in [0.4, 0.5) is 4.79 Å². The quantitative estimate of drug-likeness (QED) is 0.173. The fourth-order valence-corrected chi connectivity index (χ4v) is 6.29. The molecule has 1 aromatic carbocycles. The fourth-order valence-electron chi connectivity index (χ4n) is 4.75. The van der Waals surface area contributed by atoms with Gasteiger partial charge in [0.1, 0.15) is 0 Å². The molecule has 4 heterocycles. The van der Waals surface area contributed by atoms with Gasteiger partial charge in [-0.2, -0.15) is 11.8 Å². The molecule has 3 amide bonds. The van der Waals surface area contributed by atoms with Crippen molar-refractivity contribution in [2.24, 2.45) is 0 Å². The number of benzene rings is 1. The minimum absolute atomic E-state index is 0. The number of carbonyl (C=O) groups is 2. The molecular weight excluding hydrogens is 545 g/mol. The Labute approximate surface area is 229 Å². The van der Waals surface area contributed by atoms with Crippen LogP contribution in [0.3, 0.4) is 0 Å². The van der Waals surface area contributed by atoms with Crippen molar-refractivity contribution in [3.05, 3.63) is 48.3 Å². The summed E-state index contributed by atoms with van der Waals surface area (Å²) in [7, 11) is 1.87. The number of unbranched alkanes of at least 4 members (excludes halogenated alkanes) is 1. The first-order chi connectivity index (χ1) is 15.6. The van der Waals surface area contributed by atoms with Crippen molar-refractivity contribution in [1.82, 2.24) is 25.5 Å². The van der Waals surface area contributed by atoms with E-state index in [2.05, 4.69) is 32.7 Å². The van der Waals surface area contributed by atoms with Crippen LogP contribution >= 0.6 is 11.8 Å². The molecule has 208 valence electrons. The second-order valence-corrected chi connectivity index (χ2v) is 9.90. The normalized spacial score (nSPS) is 19.1. The molecule has 2 aliphatic heterocycles. The van der Waals surface area contributed by atoms with Crippen molar-refractivity contribution in [2.45, 2.75) is 49.6 Å². The Kier molecular flexibility index (Phi) is 14.0. The maximum Gasteiger partial charge on any atom is 0.315 e. The summed E-state index contributed by atoms with van der Waals surface area (Å²) in [5.74, 6) is 1.13. The van der Waals surface area contributed by atoms with E-state index >= 15 is 0 Å². The molecule has 0 radical (unpaired) electrons. The number of thioether (sulfide) groups is 1. The second-order valence-electron chi connectivity index (χ2n) is 8.62. The number of pyridine rings is 2. The zero-order valence-corrected chi connectivity index (χ0v) is 22.2. The van der Waals surface area contributed by atoms with E-state index in [1.807, 2.05) is 37.0 Å². The predicted octanol–water partition coefficient (Wildman–Crippen LogP) is 0.166. The van der Waals surface area contributed by atoms with Crippen LogP contribution in [-0.4, -0.2) is 78.8 Å². The molecule has 0 unspecified atom stereocenters. The van der Waals surface area contributed by atoms with Gasteiger partial charge in [-0.05, 0) is 30.5 Å². The molecule has 2 fully saturated rings. The number of amides is 3. The van der Waals surface area contributed by atoms with Gasteiger partial charge in [0.25, 0.3) is 0 Å². The molecule has 13 heteroatoms. The molecule has 2 aliphatic rings. The average molecular weight is 580 g/mol. The third-order valence-electron chi connectivity index (χ3n) is 6.47. The summed E-state index contributed by atoms with van der Waals surface area (Å²) in [6.07, 6.45) is 7.01. The van der Waals surface area contributed by atoms with Gasteiger partial charge in [0.15, 0.2) is 0 Å². The molecule has 10 N–H and O–H groups in total. The zero-order valence-electron chi connectivity index (χ0n) is 20.4. The van der Waals surface area contributed by atoms with Crippen molar-refractivity contribution in [1.29, 1.82) is 0 Å². The minimum Gasteiger partial charge on any atom is -0.412 e. The molecule has 3 atom stereocenters. The zero-order chi connectivity index (χ0) is 22.1. The molecule has 0 spiro atoms. The van der Waals surface area contributed by atoms with Crippen molar-refractivity contribution < 1.29 is 48.0 Å². The van der Waals surface area contributed by atoms with Crippen molar-refractivity contribution in [3.8, 4) is 0 Å². The number of urea groups is 1. The summed E-state index contributed by atoms with van der Waals surface area (Å²) in [4.78, 5) is 35.1. The minimum atomic E-state index is -0.0467. The number of hydrogen-bond acceptors (Lipinski definition) is 5. The molecule has 37 heavy (non-hydrogen) atoms. The van der Waals surface area contributed by atoms with E-state index in [0.717, 1.165) is 52.4 Å². The van der Waals surface area contributed by atoms with Crippen LogP contribution in [0.2, 0.25) is 0 Å². The maximum absolute atomic E-state index is 12.7. The maximum atomic E-state index is 12.7. The smallest absolute Gasteiger partial charge is 0.315 e. The molecule has 2 saturated heterocycles. The summed E-state index contributed by atoms with van der Waals surface area (Å²) in [6.45, 7) is 0.552. The van der Waals surface area contributed by atoms with E-state index in [1.54, 1.807) is 17.3 Å². The Balaban J connectivity index is 0.00000259. The van der Waals surface area contributed by atoms with Gasteiger partial charge in [-0.15, -0.1) is 0 Å². The summed E-state index contributed by atoms with van der Waals surface area (Å²) >= 11 is 1.92. The van der Waals surface area contributed by atoms with E-state index in [4.69, 9.17) is 0 Å². The van der Waals surface area contributed by atoms with Crippen molar-refractivity contribution in [3.63, 3.8) is 0 Å². The van der Waals surface area contributed by atoms with Gasteiger partial charge < -0.3 is 37.4 Å². The SMILES string of the molecule is CN(Cc1ccnc2c1ccc1cccnc12)C(=O)CCCC[C@@H]1SC[C@@H]2NC(=O)N[C@@H]21.O.O.O.O.[Ni]. The van der Waals surface area contributed by atoms with Gasteiger partial charge in [0.2, 0.25) is 5.91 Å². The first-order valence-corrected chi connectivity index (χ1v) is 12.2. The van der Waals surface area contributed by atoms with Crippen LogP contribution in [0.5, 0.6) is 0 Å². The number of nitrogens with one attached hydrogen (secondary N) is 2. The predicted molar refractivity (Wildman–Crippen MR) is 142 cm³/mol. The molecular formula is C24H35N5NiO6S. The number of aromatic nitrogens is 2. The second kappa shape index (κ2) is 15.0. The first kappa shape index (κ1) is 34.5. The standard InChI is InChI=1S/C24H27N5O2S.Ni.4H2O/c1-29(20(30)7-3-2-6-19-23-18(14-32-19)27-24(31)28-23)13-16-10-12-26-22-17(16)9-8-15-5-4-11-25-21(15)22;;;;;/h4-5,8-12,18-19,23H,2-3,6-7,13-14H2,1H3,(H2,27,28,31);;4*1H2/t18-,19-,23-;;;;;/m0...../s1. The van der Waals surface area contributed by atoms with Crippen molar-refractivity contribution >= 4 is 45.5 Å². The van der Waals surface area contributed by atoms with Crippen molar-refractivity contribution in [2.75, 3.05) is 12.8 Å². The van der Waals surface area contributed by atoms with Crippen LogP contribution in [0.1, 0.15) is 31.2 Å². The van der Waals surface area contributed by atoms with E-state index in [-0.39, 0.29) is 62.4 Å². The van der Waals surface area contributed by atoms with E-state index in [9.17, 15) is 9.59 Å². The van der Waals surface area contributed by atoms with Gasteiger partial charge in [0, 0.05) is 70.7 Å². The number of rotatable bonds is 7. The van der Waals surface area contributed by atoms with Gasteiger partial charge in [0.05, 0.1) is 23.1 Å².